The van der Waals surface area contributed by atoms with Crippen LogP contribution in [0, 0.1) is 17.7 Å². The van der Waals surface area contributed by atoms with Crippen LogP contribution in [0.3, 0.4) is 0 Å². The minimum absolute atomic E-state index is 0.0586. The van der Waals surface area contributed by atoms with Crippen molar-refractivity contribution in [3.05, 3.63) is 70.5 Å². The highest BCUT2D eigenvalue weighted by Crippen LogP contribution is 2.45. The van der Waals surface area contributed by atoms with Crippen LogP contribution in [0.4, 0.5) is 35.5 Å². The molecule has 0 aliphatic carbocycles. The smallest absolute Gasteiger partial charge is 0.416 e. The van der Waals surface area contributed by atoms with E-state index in [0.29, 0.717) is 24.2 Å². The molecule has 1 unspecified atom stereocenters. The summed E-state index contributed by atoms with van der Waals surface area (Å²) in [6.45, 7) is 7.26. The molecule has 0 N–H and O–H groups in total. The zero-order valence-corrected chi connectivity index (χ0v) is 22.3. The van der Waals surface area contributed by atoms with E-state index in [0.717, 1.165) is 0 Å². The lowest BCUT2D eigenvalue weighted by atomic mass is 9.77. The molecule has 2 saturated heterocycles. The Hall–Kier alpha value is -2.86. The molecule has 12 heteroatoms. The first-order valence-electron chi connectivity index (χ1n) is 12.7. The summed E-state index contributed by atoms with van der Waals surface area (Å²) in [6, 6.07) is 6.83. The third kappa shape index (κ3) is 6.88. The number of rotatable bonds is 4. The summed E-state index contributed by atoms with van der Waals surface area (Å²) in [4.78, 5) is 14.3. The number of halogens is 7. The molecule has 2 aliphatic rings. The quantitative estimate of drug-likeness (QED) is 0.352. The Balaban J connectivity index is 1.64. The van der Waals surface area contributed by atoms with E-state index in [2.05, 4.69) is 0 Å². The van der Waals surface area contributed by atoms with Gasteiger partial charge in [0, 0.05) is 24.9 Å². The second kappa shape index (κ2) is 10.8. The van der Waals surface area contributed by atoms with Crippen LogP contribution in [0.5, 0.6) is 0 Å². The van der Waals surface area contributed by atoms with Gasteiger partial charge in [-0.05, 0) is 75.1 Å². The molecule has 2 aromatic carbocycles. The molecular formula is C28H30F7NO4. The number of amides is 1. The van der Waals surface area contributed by atoms with Crippen molar-refractivity contribution < 1.29 is 49.7 Å². The van der Waals surface area contributed by atoms with Crippen LogP contribution in [0.1, 0.15) is 62.0 Å². The Bertz CT molecular complexity index is 1170. The number of fused-ring (bicyclic) bond motifs is 1. The van der Waals surface area contributed by atoms with Gasteiger partial charge in [0.15, 0.2) is 6.29 Å². The fourth-order valence-electron chi connectivity index (χ4n) is 5.19. The lowest BCUT2D eigenvalue weighted by Crippen LogP contribution is -2.42. The molecule has 0 radical (unpaired) electrons. The highest BCUT2D eigenvalue weighted by molar-refractivity contribution is 5.68. The van der Waals surface area contributed by atoms with Gasteiger partial charge in [0.25, 0.3) is 0 Å². The largest absolute Gasteiger partial charge is 0.444 e. The van der Waals surface area contributed by atoms with E-state index in [1.807, 2.05) is 0 Å². The first kappa shape index (κ1) is 30.1. The van der Waals surface area contributed by atoms with E-state index < -0.39 is 59.3 Å². The fraction of sp³-hybridized carbons (Fsp3) is 0.536. The van der Waals surface area contributed by atoms with Crippen molar-refractivity contribution >= 4 is 6.09 Å². The maximum absolute atomic E-state index is 13.7. The van der Waals surface area contributed by atoms with Gasteiger partial charge in [-0.25, -0.2) is 9.18 Å². The van der Waals surface area contributed by atoms with Gasteiger partial charge in [-0.1, -0.05) is 12.1 Å². The zero-order chi connectivity index (χ0) is 29.6. The number of hydrogen-bond acceptors (Lipinski definition) is 4. The summed E-state index contributed by atoms with van der Waals surface area (Å²) in [5, 5.41) is 0. The summed E-state index contributed by atoms with van der Waals surface area (Å²) >= 11 is 0. The predicted molar refractivity (Wildman–Crippen MR) is 130 cm³/mol. The number of carbonyl (C=O) groups excluding carboxylic acids is 1. The third-order valence-corrected chi connectivity index (χ3v) is 7.04. The van der Waals surface area contributed by atoms with Crippen LogP contribution >= 0.6 is 0 Å². The molecule has 2 heterocycles. The van der Waals surface area contributed by atoms with E-state index in [4.69, 9.17) is 14.2 Å². The zero-order valence-electron chi connectivity index (χ0n) is 22.3. The van der Waals surface area contributed by atoms with Gasteiger partial charge in [-0.3, -0.25) is 0 Å². The summed E-state index contributed by atoms with van der Waals surface area (Å²) in [5.41, 5.74) is -3.35. The normalized spacial score (nSPS) is 24.5. The van der Waals surface area contributed by atoms with Crippen molar-refractivity contribution in [3.8, 4) is 0 Å². The Morgan fingerprint density at radius 2 is 1.52 bits per heavy atom. The molecular weight excluding hydrogens is 547 g/mol. The molecule has 0 aromatic heterocycles. The molecule has 0 bridgehead atoms. The van der Waals surface area contributed by atoms with Gasteiger partial charge in [0.1, 0.15) is 11.4 Å². The van der Waals surface area contributed by atoms with Gasteiger partial charge in [0.2, 0.25) is 0 Å². The molecule has 40 heavy (non-hydrogen) atoms. The number of carbonyl (C=O) groups is 1. The molecule has 5 nitrogen and oxygen atoms in total. The molecule has 0 spiro atoms. The molecule has 2 aromatic rings. The number of hydrogen-bond donors (Lipinski definition) is 0. The van der Waals surface area contributed by atoms with Gasteiger partial charge in [-0.2, -0.15) is 26.3 Å². The standard InChI is InChI=1S/C28H30F7NO4/c1-15(17-9-19(27(30,31)32)11-20(10-17)28(33,34)35)39-24-23(16-5-7-21(29)8-6-16)22-13-36(12-18(22)14-38-24)25(37)40-26(2,3)4/h5-11,15,18,22-24H,12-14H2,1-4H3/t15-,18+,22?,23+,24+/m1/s1. The second-order valence-corrected chi connectivity index (χ2v) is 11.2. The number of alkyl halides is 6. The third-order valence-electron chi connectivity index (χ3n) is 7.04. The highest BCUT2D eigenvalue weighted by atomic mass is 19.4. The van der Waals surface area contributed by atoms with Gasteiger partial charge < -0.3 is 19.1 Å². The predicted octanol–water partition coefficient (Wildman–Crippen LogP) is 7.56. The van der Waals surface area contributed by atoms with E-state index in [1.165, 1.54) is 36.1 Å². The summed E-state index contributed by atoms with van der Waals surface area (Å²) in [5.74, 6) is -1.49. The summed E-state index contributed by atoms with van der Waals surface area (Å²) in [6.07, 6.45) is -12.8. The van der Waals surface area contributed by atoms with Crippen molar-refractivity contribution in [2.75, 3.05) is 19.7 Å². The lowest BCUT2D eigenvalue weighted by molar-refractivity contribution is -0.217. The topological polar surface area (TPSA) is 48.0 Å². The average Bonchev–Trinajstić information content (AvgIpc) is 3.27. The molecule has 1 amide bonds. The van der Waals surface area contributed by atoms with Crippen LogP contribution < -0.4 is 0 Å². The van der Waals surface area contributed by atoms with Gasteiger partial charge in [-0.15, -0.1) is 0 Å². The lowest BCUT2D eigenvalue weighted by Gasteiger charge is -2.40. The molecule has 4 rings (SSSR count). The second-order valence-electron chi connectivity index (χ2n) is 11.2. The number of nitrogens with zero attached hydrogens (tertiary/aromatic N) is 1. The van der Waals surface area contributed by atoms with Crippen LogP contribution in [0.15, 0.2) is 42.5 Å². The molecule has 5 atom stereocenters. The Morgan fingerprint density at radius 1 is 0.950 bits per heavy atom. The average molecular weight is 578 g/mol. The van der Waals surface area contributed by atoms with E-state index in [-0.39, 0.29) is 36.6 Å². The minimum atomic E-state index is -5.00. The van der Waals surface area contributed by atoms with Gasteiger partial charge in [0.05, 0.1) is 23.8 Å². The Labute approximate surface area is 227 Å². The number of likely N-dealkylation sites (tertiary alicyclic amines) is 1. The van der Waals surface area contributed by atoms with Crippen molar-refractivity contribution in [2.24, 2.45) is 11.8 Å². The molecule has 2 fully saturated rings. The van der Waals surface area contributed by atoms with E-state index in [9.17, 15) is 35.5 Å². The van der Waals surface area contributed by atoms with Crippen molar-refractivity contribution in [1.29, 1.82) is 0 Å². The van der Waals surface area contributed by atoms with Crippen LogP contribution in [0.25, 0.3) is 0 Å². The molecule has 220 valence electrons. The summed E-state index contributed by atoms with van der Waals surface area (Å²) < 4.78 is 112. The maximum Gasteiger partial charge on any atom is 0.416 e. The highest BCUT2D eigenvalue weighted by Gasteiger charge is 2.49. The van der Waals surface area contributed by atoms with Crippen molar-refractivity contribution in [2.45, 2.75) is 64.0 Å². The monoisotopic (exact) mass is 577 g/mol. The van der Waals surface area contributed by atoms with Crippen molar-refractivity contribution in [3.63, 3.8) is 0 Å². The maximum atomic E-state index is 13.7. The van der Waals surface area contributed by atoms with Crippen LogP contribution in [0.2, 0.25) is 0 Å². The molecule has 2 aliphatic heterocycles. The van der Waals surface area contributed by atoms with E-state index >= 15 is 0 Å². The number of ether oxygens (including phenoxy) is 3. The SMILES string of the molecule is C[C@@H](O[C@@H]1OC[C@@H]2CN(C(=O)OC(C)(C)C)CC2[C@@H]1c1ccc(F)cc1)c1cc(C(F)(F)F)cc(C(F)(F)F)c1. The Kier molecular flexibility index (Phi) is 8.16. The van der Waals surface area contributed by atoms with Crippen LogP contribution in [-0.2, 0) is 26.6 Å². The van der Waals surface area contributed by atoms with Crippen molar-refractivity contribution in [1.82, 2.24) is 4.90 Å². The van der Waals surface area contributed by atoms with Gasteiger partial charge >= 0.3 is 18.4 Å². The minimum Gasteiger partial charge on any atom is -0.444 e. The first-order chi connectivity index (χ1) is 18.4. The number of benzene rings is 2. The van der Waals surface area contributed by atoms with Crippen LogP contribution in [-0.4, -0.2) is 42.6 Å². The fourth-order valence-corrected chi connectivity index (χ4v) is 5.19. The summed E-state index contributed by atoms with van der Waals surface area (Å²) in [7, 11) is 0. The Morgan fingerprint density at radius 3 is 2.05 bits per heavy atom. The van der Waals surface area contributed by atoms with E-state index in [1.54, 1.807) is 20.8 Å². The first-order valence-corrected chi connectivity index (χ1v) is 12.7. The molecule has 0 saturated carbocycles.